The Kier molecular flexibility index (Phi) is 3.01. The maximum atomic E-state index is 13.6. The van der Waals surface area contributed by atoms with Gasteiger partial charge < -0.3 is 4.90 Å². The molecule has 0 aromatic heterocycles. The normalized spacial score (nSPS) is 21.8. The van der Waals surface area contributed by atoms with Gasteiger partial charge in [-0.15, -0.1) is 0 Å². The molecule has 0 saturated heterocycles. The van der Waals surface area contributed by atoms with E-state index in [4.69, 9.17) is 0 Å². The van der Waals surface area contributed by atoms with Crippen LogP contribution in [-0.2, 0) is 5.41 Å². The van der Waals surface area contributed by atoms with Crippen LogP contribution in [-0.4, -0.2) is 25.0 Å². The third kappa shape index (κ3) is 1.93. The standard InChI is InChI=1S/C17H22FN/c1-12(19(2)3)15-11-17(8-4-5-9-17)16-7-6-13(18)10-14(15)16/h6-7,10-12H,4-5,8-9H2,1-3H3. The lowest BCUT2D eigenvalue weighted by Gasteiger charge is -2.22. The fraction of sp³-hybridized carbons (Fsp3) is 0.529. The predicted octanol–water partition coefficient (Wildman–Crippen LogP) is 3.98. The summed E-state index contributed by atoms with van der Waals surface area (Å²) in [5, 5.41) is 0. The lowest BCUT2D eigenvalue weighted by molar-refractivity contribution is 0.372. The summed E-state index contributed by atoms with van der Waals surface area (Å²) in [6, 6.07) is 5.70. The van der Waals surface area contributed by atoms with Crippen LogP contribution in [0.3, 0.4) is 0 Å². The van der Waals surface area contributed by atoms with Crippen LogP contribution in [0.4, 0.5) is 4.39 Å². The first-order chi connectivity index (χ1) is 9.03. The van der Waals surface area contributed by atoms with Crippen LogP contribution >= 0.6 is 0 Å². The fourth-order valence-electron chi connectivity index (χ4n) is 3.69. The first kappa shape index (κ1) is 12.9. The summed E-state index contributed by atoms with van der Waals surface area (Å²) >= 11 is 0. The summed E-state index contributed by atoms with van der Waals surface area (Å²) in [5.41, 5.74) is 4.00. The molecule has 102 valence electrons. The Morgan fingerprint density at radius 1 is 1.21 bits per heavy atom. The van der Waals surface area contributed by atoms with Gasteiger partial charge >= 0.3 is 0 Å². The first-order valence-electron chi connectivity index (χ1n) is 7.23. The van der Waals surface area contributed by atoms with E-state index in [1.807, 2.05) is 6.07 Å². The average molecular weight is 259 g/mol. The molecule has 0 N–H and O–H groups in total. The van der Waals surface area contributed by atoms with Crippen molar-refractivity contribution in [3.05, 3.63) is 41.2 Å². The van der Waals surface area contributed by atoms with E-state index in [2.05, 4.69) is 32.0 Å². The Morgan fingerprint density at radius 2 is 1.89 bits per heavy atom. The van der Waals surface area contributed by atoms with Gasteiger partial charge in [0.1, 0.15) is 5.82 Å². The highest BCUT2D eigenvalue weighted by atomic mass is 19.1. The molecule has 1 aromatic carbocycles. The summed E-state index contributed by atoms with van der Waals surface area (Å²) in [7, 11) is 4.17. The number of benzene rings is 1. The van der Waals surface area contributed by atoms with E-state index < -0.39 is 0 Å². The summed E-state index contributed by atoms with van der Waals surface area (Å²) < 4.78 is 13.6. The second-order valence-electron chi connectivity index (χ2n) is 6.29. The molecule has 2 aliphatic rings. The van der Waals surface area contributed by atoms with E-state index in [0.717, 1.165) is 5.56 Å². The molecule has 1 atom stereocenters. The molecule has 1 nitrogen and oxygen atoms in total. The Bertz CT molecular complexity index is 524. The van der Waals surface area contributed by atoms with E-state index in [9.17, 15) is 4.39 Å². The molecule has 19 heavy (non-hydrogen) atoms. The van der Waals surface area contributed by atoms with Gasteiger partial charge in [0.2, 0.25) is 0 Å². The van der Waals surface area contributed by atoms with Crippen LogP contribution in [0.1, 0.15) is 43.7 Å². The van der Waals surface area contributed by atoms with Gasteiger partial charge in [-0.3, -0.25) is 0 Å². The average Bonchev–Trinajstić information content (AvgIpc) is 2.95. The second-order valence-corrected chi connectivity index (χ2v) is 6.29. The van der Waals surface area contributed by atoms with Gasteiger partial charge in [-0.2, -0.15) is 0 Å². The van der Waals surface area contributed by atoms with Crippen LogP contribution in [0, 0.1) is 5.82 Å². The molecule has 1 aromatic rings. The van der Waals surface area contributed by atoms with Crippen LogP contribution in [0.15, 0.2) is 24.3 Å². The molecular formula is C17H22FN. The van der Waals surface area contributed by atoms with Crippen molar-refractivity contribution in [2.24, 2.45) is 0 Å². The van der Waals surface area contributed by atoms with Gasteiger partial charge in [-0.25, -0.2) is 4.39 Å². The number of halogens is 1. The number of nitrogens with zero attached hydrogens (tertiary/aromatic N) is 1. The Labute approximate surface area is 115 Å². The van der Waals surface area contributed by atoms with Gasteiger partial charge in [-0.1, -0.05) is 25.0 Å². The lowest BCUT2D eigenvalue weighted by Crippen LogP contribution is -2.25. The zero-order valence-electron chi connectivity index (χ0n) is 12.0. The van der Waals surface area contributed by atoms with Gasteiger partial charge in [0, 0.05) is 11.5 Å². The minimum atomic E-state index is -0.120. The van der Waals surface area contributed by atoms with Crippen molar-refractivity contribution in [2.75, 3.05) is 14.1 Å². The van der Waals surface area contributed by atoms with E-state index in [1.54, 1.807) is 12.1 Å². The lowest BCUT2D eigenvalue weighted by atomic mass is 9.81. The molecule has 0 radical (unpaired) electrons. The molecule has 0 heterocycles. The largest absolute Gasteiger partial charge is 0.303 e. The monoisotopic (exact) mass is 259 g/mol. The van der Waals surface area contributed by atoms with Crippen LogP contribution in [0.2, 0.25) is 0 Å². The highest BCUT2D eigenvalue weighted by molar-refractivity contribution is 5.79. The minimum Gasteiger partial charge on any atom is -0.303 e. The number of hydrogen-bond acceptors (Lipinski definition) is 1. The molecule has 0 bridgehead atoms. The number of allylic oxidation sites excluding steroid dienone is 1. The highest BCUT2D eigenvalue weighted by Crippen LogP contribution is 2.51. The molecule has 0 amide bonds. The zero-order chi connectivity index (χ0) is 13.6. The van der Waals surface area contributed by atoms with Crippen LogP contribution < -0.4 is 0 Å². The molecule has 3 rings (SSSR count). The summed E-state index contributed by atoms with van der Waals surface area (Å²) in [4.78, 5) is 2.20. The molecular weight excluding hydrogens is 237 g/mol. The van der Waals surface area contributed by atoms with Crippen molar-refractivity contribution in [2.45, 2.75) is 44.1 Å². The molecule has 0 aliphatic heterocycles. The van der Waals surface area contributed by atoms with Gasteiger partial charge in [0.25, 0.3) is 0 Å². The van der Waals surface area contributed by atoms with E-state index in [-0.39, 0.29) is 11.2 Å². The summed E-state index contributed by atoms with van der Waals surface area (Å²) in [6.07, 6.45) is 7.45. The quantitative estimate of drug-likeness (QED) is 0.776. The molecule has 1 spiro atoms. The molecule has 1 saturated carbocycles. The number of likely N-dealkylation sites (N-methyl/N-ethyl adjacent to an activating group) is 1. The molecule has 1 fully saturated rings. The maximum absolute atomic E-state index is 13.6. The molecule has 1 unspecified atom stereocenters. The van der Waals surface area contributed by atoms with Crippen molar-refractivity contribution >= 4 is 5.57 Å². The van der Waals surface area contributed by atoms with E-state index >= 15 is 0 Å². The number of fused-ring (bicyclic) bond motifs is 2. The third-order valence-electron chi connectivity index (χ3n) is 4.98. The van der Waals surface area contributed by atoms with Crippen molar-refractivity contribution < 1.29 is 4.39 Å². The Morgan fingerprint density at radius 3 is 2.53 bits per heavy atom. The molecule has 2 heteroatoms. The van der Waals surface area contributed by atoms with E-state index in [1.165, 1.54) is 36.8 Å². The fourth-order valence-corrected chi connectivity index (χ4v) is 3.69. The van der Waals surface area contributed by atoms with Crippen molar-refractivity contribution in [1.82, 2.24) is 4.90 Å². The zero-order valence-corrected chi connectivity index (χ0v) is 12.0. The van der Waals surface area contributed by atoms with Gasteiger partial charge in [-0.05, 0) is 62.7 Å². The van der Waals surface area contributed by atoms with Crippen molar-refractivity contribution in [3.63, 3.8) is 0 Å². The van der Waals surface area contributed by atoms with Crippen molar-refractivity contribution in [1.29, 1.82) is 0 Å². The highest BCUT2D eigenvalue weighted by Gasteiger charge is 2.41. The Hall–Kier alpha value is -1.15. The summed E-state index contributed by atoms with van der Waals surface area (Å²) in [5.74, 6) is -0.120. The molecule has 2 aliphatic carbocycles. The van der Waals surface area contributed by atoms with Crippen LogP contribution in [0.5, 0.6) is 0 Å². The SMILES string of the molecule is CC(C1=CC2(CCCC2)c2ccc(F)cc21)N(C)C. The maximum Gasteiger partial charge on any atom is 0.123 e. The first-order valence-corrected chi connectivity index (χ1v) is 7.23. The Balaban J connectivity index is 2.13. The summed E-state index contributed by atoms with van der Waals surface area (Å²) in [6.45, 7) is 2.20. The third-order valence-corrected chi connectivity index (χ3v) is 4.98. The van der Waals surface area contributed by atoms with Crippen LogP contribution in [0.25, 0.3) is 5.57 Å². The predicted molar refractivity (Wildman–Crippen MR) is 77.7 cm³/mol. The van der Waals surface area contributed by atoms with Gasteiger partial charge in [0.15, 0.2) is 0 Å². The minimum absolute atomic E-state index is 0.120. The van der Waals surface area contributed by atoms with Crippen molar-refractivity contribution in [3.8, 4) is 0 Å². The smallest absolute Gasteiger partial charge is 0.123 e. The number of hydrogen-bond donors (Lipinski definition) is 0. The van der Waals surface area contributed by atoms with E-state index in [0.29, 0.717) is 6.04 Å². The number of rotatable bonds is 2. The topological polar surface area (TPSA) is 3.24 Å². The van der Waals surface area contributed by atoms with Gasteiger partial charge in [0.05, 0.1) is 0 Å². The second kappa shape index (κ2) is 4.45.